The van der Waals surface area contributed by atoms with E-state index in [-0.39, 0.29) is 29.7 Å². The Morgan fingerprint density at radius 2 is 1.61 bits per heavy atom. The van der Waals surface area contributed by atoms with Crippen LogP contribution in [0.15, 0.2) is 59.5 Å². The molecule has 0 aliphatic rings. The Hall–Kier alpha value is -4.25. The Kier molecular flexibility index (Phi) is 10.1. The van der Waals surface area contributed by atoms with Crippen LogP contribution >= 0.6 is 12.0 Å². The van der Waals surface area contributed by atoms with Crippen LogP contribution in [-0.4, -0.2) is 56.4 Å². The standard InChI is InChI=1S/C26H31N9O5S/c1-14(27)12-29-24-33-25(30-13-15(2)28)35-26(34-24)32-18-5-3-4-16(8-18)23(37)31-19-6-7-21-17(9-19)10-20(11-22(21)36)41-40-39-38/h3-11,14-15,36,38H,12-13,27-28H2,1-2H3,(H,31,37)(H3,29,30,32,33,34,35). The van der Waals surface area contributed by atoms with Gasteiger partial charge in [-0.2, -0.15) is 15.0 Å². The molecule has 14 nitrogen and oxygen atoms in total. The first kappa shape index (κ1) is 29.7. The minimum atomic E-state index is -0.353. The highest BCUT2D eigenvalue weighted by molar-refractivity contribution is 7.94. The van der Waals surface area contributed by atoms with Crippen LogP contribution in [0.1, 0.15) is 24.2 Å². The number of rotatable bonds is 13. The first-order valence-electron chi connectivity index (χ1n) is 12.5. The van der Waals surface area contributed by atoms with Gasteiger partial charge in [0.2, 0.25) is 17.8 Å². The maximum Gasteiger partial charge on any atom is 0.255 e. The summed E-state index contributed by atoms with van der Waals surface area (Å²) in [5.74, 6) is 0.582. The van der Waals surface area contributed by atoms with Crippen LogP contribution in [0.2, 0.25) is 0 Å². The van der Waals surface area contributed by atoms with Crippen LogP contribution < -0.4 is 32.7 Å². The number of phenolic OH excluding ortho intramolecular Hbond substituents is 1. The summed E-state index contributed by atoms with van der Waals surface area (Å²) in [5.41, 5.74) is 13.2. The van der Waals surface area contributed by atoms with Crippen molar-refractivity contribution in [2.24, 2.45) is 11.5 Å². The Morgan fingerprint density at radius 3 is 2.27 bits per heavy atom. The van der Waals surface area contributed by atoms with Crippen molar-refractivity contribution >= 4 is 57.9 Å². The number of phenols is 1. The molecule has 4 aromatic rings. The second kappa shape index (κ2) is 13.9. The van der Waals surface area contributed by atoms with Gasteiger partial charge in [0.25, 0.3) is 5.91 Å². The van der Waals surface area contributed by atoms with Crippen LogP contribution in [0.3, 0.4) is 0 Å². The van der Waals surface area contributed by atoms with E-state index < -0.39 is 0 Å². The van der Waals surface area contributed by atoms with E-state index in [2.05, 4.69) is 45.6 Å². The molecule has 41 heavy (non-hydrogen) atoms. The average molecular weight is 582 g/mol. The van der Waals surface area contributed by atoms with Gasteiger partial charge in [-0.25, -0.2) is 5.26 Å². The number of fused-ring (bicyclic) bond motifs is 1. The van der Waals surface area contributed by atoms with Gasteiger partial charge in [-0.05, 0) is 67.8 Å². The zero-order valence-electron chi connectivity index (χ0n) is 22.3. The zero-order chi connectivity index (χ0) is 29.4. The predicted octanol–water partition coefficient (Wildman–Crippen LogP) is 3.67. The van der Waals surface area contributed by atoms with E-state index in [1.165, 1.54) is 6.07 Å². The zero-order valence-corrected chi connectivity index (χ0v) is 23.1. The number of carbonyl (C=O) groups is 1. The first-order chi connectivity index (χ1) is 19.7. The third-order valence-corrected chi connectivity index (χ3v) is 6.06. The molecule has 1 aromatic heterocycles. The Balaban J connectivity index is 1.51. The summed E-state index contributed by atoms with van der Waals surface area (Å²) in [4.78, 5) is 26.7. The maximum absolute atomic E-state index is 13.1. The molecule has 0 spiro atoms. The van der Waals surface area contributed by atoms with Crippen molar-refractivity contribution in [1.29, 1.82) is 0 Å². The number of nitrogens with two attached hydrogens (primary N) is 2. The lowest BCUT2D eigenvalue weighted by Gasteiger charge is -2.13. The maximum atomic E-state index is 13.1. The number of hydrogen-bond donors (Lipinski definition) is 8. The number of amides is 1. The highest BCUT2D eigenvalue weighted by atomic mass is 32.2. The Morgan fingerprint density at radius 1 is 0.927 bits per heavy atom. The molecule has 1 amide bonds. The van der Waals surface area contributed by atoms with Crippen molar-refractivity contribution in [1.82, 2.24) is 15.0 Å². The number of nitrogens with one attached hydrogen (secondary N) is 4. The van der Waals surface area contributed by atoms with Gasteiger partial charge in [0.15, 0.2) is 0 Å². The highest BCUT2D eigenvalue weighted by Crippen LogP contribution is 2.33. The summed E-state index contributed by atoms with van der Waals surface area (Å²) in [6.45, 7) is 4.65. The Labute approximate surface area is 239 Å². The molecule has 0 saturated carbocycles. The fourth-order valence-corrected chi connectivity index (χ4v) is 4.11. The number of hydrogen-bond acceptors (Lipinski definition) is 14. The van der Waals surface area contributed by atoms with E-state index >= 15 is 0 Å². The average Bonchev–Trinajstić information content (AvgIpc) is 2.94. The van der Waals surface area contributed by atoms with E-state index in [0.29, 0.717) is 57.6 Å². The molecule has 0 fully saturated rings. The molecule has 15 heteroatoms. The number of anilines is 5. The van der Waals surface area contributed by atoms with Crippen molar-refractivity contribution in [3.8, 4) is 5.75 Å². The van der Waals surface area contributed by atoms with Gasteiger partial charge >= 0.3 is 0 Å². The highest BCUT2D eigenvalue weighted by Gasteiger charge is 2.12. The minimum Gasteiger partial charge on any atom is -0.507 e. The summed E-state index contributed by atoms with van der Waals surface area (Å²) in [6.07, 6.45) is 0. The Bertz CT molecular complexity index is 1480. The summed E-state index contributed by atoms with van der Waals surface area (Å²) < 4.78 is 4.44. The molecule has 0 radical (unpaired) electrons. The molecule has 2 atom stereocenters. The second-order valence-corrected chi connectivity index (χ2v) is 10.1. The third kappa shape index (κ3) is 8.62. The number of aromatic hydroxyl groups is 1. The van der Waals surface area contributed by atoms with E-state index in [4.69, 9.17) is 16.7 Å². The van der Waals surface area contributed by atoms with Crippen molar-refractivity contribution in [3.05, 3.63) is 60.2 Å². The van der Waals surface area contributed by atoms with Crippen molar-refractivity contribution < 1.29 is 24.5 Å². The molecule has 10 N–H and O–H groups in total. The summed E-state index contributed by atoms with van der Waals surface area (Å²) in [5, 5.41) is 35.6. The van der Waals surface area contributed by atoms with E-state index in [1.807, 2.05) is 13.8 Å². The van der Waals surface area contributed by atoms with Gasteiger partial charge in [0, 0.05) is 52.4 Å². The summed E-state index contributed by atoms with van der Waals surface area (Å²) >= 11 is 0.718. The normalized spacial score (nSPS) is 12.5. The van der Waals surface area contributed by atoms with Crippen molar-refractivity contribution in [2.45, 2.75) is 30.8 Å². The van der Waals surface area contributed by atoms with E-state index in [0.717, 1.165) is 12.0 Å². The SMILES string of the molecule is CC(N)CNc1nc(NCC(C)N)nc(Nc2cccc(C(=O)Nc3ccc4c(O)cc(SOOO)cc4c3)c2)n1. The molecule has 0 bridgehead atoms. The van der Waals surface area contributed by atoms with Gasteiger partial charge < -0.3 is 37.8 Å². The fraction of sp³-hybridized carbons (Fsp3) is 0.231. The fourth-order valence-electron chi connectivity index (χ4n) is 3.67. The van der Waals surface area contributed by atoms with E-state index in [1.54, 1.807) is 48.5 Å². The van der Waals surface area contributed by atoms with Gasteiger partial charge in [-0.1, -0.05) is 11.1 Å². The quantitative estimate of drug-likeness (QED) is 0.0642. The van der Waals surface area contributed by atoms with Crippen LogP contribution in [0.5, 0.6) is 5.75 Å². The first-order valence-corrected chi connectivity index (χ1v) is 13.3. The summed E-state index contributed by atoms with van der Waals surface area (Å²) in [7, 11) is 0. The van der Waals surface area contributed by atoms with Crippen molar-refractivity contribution in [2.75, 3.05) is 34.4 Å². The number of benzene rings is 3. The molecule has 0 aliphatic heterocycles. The van der Waals surface area contributed by atoms with Crippen LogP contribution in [0.25, 0.3) is 10.8 Å². The second-order valence-electron chi connectivity index (χ2n) is 9.29. The minimum absolute atomic E-state index is 0.00770. The molecule has 2 unspecified atom stereocenters. The number of aromatic nitrogens is 3. The molecule has 1 heterocycles. The molecule has 216 valence electrons. The lowest BCUT2D eigenvalue weighted by atomic mass is 10.1. The molecular weight excluding hydrogens is 550 g/mol. The smallest absolute Gasteiger partial charge is 0.255 e. The number of nitrogens with zero attached hydrogens (tertiary/aromatic N) is 3. The lowest BCUT2D eigenvalue weighted by molar-refractivity contribution is -0.432. The van der Waals surface area contributed by atoms with Gasteiger partial charge in [-0.15, -0.1) is 4.33 Å². The van der Waals surface area contributed by atoms with E-state index in [9.17, 15) is 9.90 Å². The van der Waals surface area contributed by atoms with Crippen LogP contribution in [0, 0.1) is 0 Å². The molecule has 0 aliphatic carbocycles. The van der Waals surface area contributed by atoms with Gasteiger partial charge in [-0.3, -0.25) is 4.79 Å². The van der Waals surface area contributed by atoms with Gasteiger partial charge in [0.05, 0.1) is 12.0 Å². The van der Waals surface area contributed by atoms with Crippen LogP contribution in [0.4, 0.5) is 29.2 Å². The predicted molar refractivity (Wildman–Crippen MR) is 158 cm³/mol. The molecular formula is C26H31N9O5S. The number of carbonyl (C=O) groups excluding carboxylic acids is 1. The molecule has 0 saturated heterocycles. The molecule has 3 aromatic carbocycles. The molecule has 4 rings (SSSR count). The topological polar surface area (TPSA) is 215 Å². The lowest BCUT2D eigenvalue weighted by Crippen LogP contribution is -2.27. The largest absolute Gasteiger partial charge is 0.507 e. The third-order valence-electron chi connectivity index (χ3n) is 5.50. The monoisotopic (exact) mass is 581 g/mol. The van der Waals surface area contributed by atoms with Gasteiger partial charge in [0.1, 0.15) is 5.75 Å². The van der Waals surface area contributed by atoms with Crippen LogP contribution in [-0.2, 0) is 9.37 Å². The summed E-state index contributed by atoms with van der Waals surface area (Å²) in [6, 6.07) is 14.9. The van der Waals surface area contributed by atoms with Crippen molar-refractivity contribution in [3.63, 3.8) is 0 Å².